The molecule has 0 unspecified atom stereocenters. The predicted molar refractivity (Wildman–Crippen MR) is 61.2 cm³/mol. The Bertz CT molecular complexity index is 526. The van der Waals surface area contributed by atoms with Crippen molar-refractivity contribution in [1.82, 2.24) is 9.55 Å². The molecule has 0 spiro atoms. The molecule has 3 nitrogen and oxygen atoms in total. The predicted octanol–water partition coefficient (Wildman–Crippen LogP) is 2.91. The van der Waals surface area contributed by atoms with E-state index in [2.05, 4.69) is 4.98 Å². The van der Waals surface area contributed by atoms with Crippen LogP contribution in [0.1, 0.15) is 24.2 Å². The second-order valence-electron chi connectivity index (χ2n) is 4.02. The average molecular weight is 255 g/mol. The van der Waals surface area contributed by atoms with E-state index in [4.69, 9.17) is 5.73 Å². The largest absolute Gasteiger partial charge is 0.416 e. The third kappa shape index (κ3) is 2.38. The summed E-state index contributed by atoms with van der Waals surface area (Å²) < 4.78 is 39.0. The maximum Gasteiger partial charge on any atom is 0.416 e. The molecule has 0 saturated carbocycles. The van der Waals surface area contributed by atoms with Crippen molar-refractivity contribution in [1.29, 1.82) is 0 Å². The molecule has 0 radical (unpaired) electrons. The number of imidazole rings is 1. The summed E-state index contributed by atoms with van der Waals surface area (Å²) in [5.41, 5.74) is 6.43. The molecular formula is C12H12F3N3. The van der Waals surface area contributed by atoms with Crippen molar-refractivity contribution in [2.45, 2.75) is 19.1 Å². The van der Waals surface area contributed by atoms with Gasteiger partial charge in [0.2, 0.25) is 0 Å². The van der Waals surface area contributed by atoms with Crippen LogP contribution >= 0.6 is 0 Å². The van der Waals surface area contributed by atoms with Crippen LogP contribution in [0.5, 0.6) is 0 Å². The normalized spacial score (nSPS) is 13.6. The highest BCUT2D eigenvalue weighted by Crippen LogP contribution is 2.29. The van der Waals surface area contributed by atoms with Crippen molar-refractivity contribution in [3.8, 4) is 5.69 Å². The number of nitrogens with zero attached hydrogens (tertiary/aromatic N) is 2. The summed E-state index contributed by atoms with van der Waals surface area (Å²) >= 11 is 0. The molecule has 0 aliphatic carbocycles. The summed E-state index contributed by atoms with van der Waals surface area (Å²) in [5, 5.41) is 0. The molecule has 2 rings (SSSR count). The van der Waals surface area contributed by atoms with Crippen molar-refractivity contribution in [3.05, 3.63) is 48.0 Å². The van der Waals surface area contributed by atoms with Gasteiger partial charge in [0.25, 0.3) is 0 Å². The third-order valence-corrected chi connectivity index (χ3v) is 2.61. The van der Waals surface area contributed by atoms with Crippen LogP contribution in [0.3, 0.4) is 0 Å². The van der Waals surface area contributed by atoms with Crippen molar-refractivity contribution in [3.63, 3.8) is 0 Å². The summed E-state index contributed by atoms with van der Waals surface area (Å²) in [4.78, 5) is 3.95. The van der Waals surface area contributed by atoms with E-state index < -0.39 is 11.7 Å². The van der Waals surface area contributed by atoms with Gasteiger partial charge in [-0.25, -0.2) is 4.98 Å². The quantitative estimate of drug-likeness (QED) is 0.896. The Balaban J connectivity index is 2.38. The number of benzene rings is 1. The lowest BCUT2D eigenvalue weighted by Crippen LogP contribution is -2.11. The average Bonchev–Trinajstić information content (AvgIpc) is 2.77. The van der Waals surface area contributed by atoms with Gasteiger partial charge in [0.15, 0.2) is 0 Å². The molecule has 1 heterocycles. The summed E-state index contributed by atoms with van der Waals surface area (Å²) in [7, 11) is 0. The van der Waals surface area contributed by atoms with Crippen molar-refractivity contribution >= 4 is 0 Å². The van der Waals surface area contributed by atoms with Crippen LogP contribution < -0.4 is 5.73 Å². The molecule has 0 saturated heterocycles. The Morgan fingerprint density at radius 2 is 1.83 bits per heavy atom. The van der Waals surface area contributed by atoms with Crippen LogP contribution in [0.4, 0.5) is 13.2 Å². The molecule has 1 atom stereocenters. The molecule has 0 aliphatic heterocycles. The Morgan fingerprint density at radius 1 is 1.22 bits per heavy atom. The molecule has 1 aromatic heterocycles. The van der Waals surface area contributed by atoms with Crippen molar-refractivity contribution in [2.24, 2.45) is 5.73 Å². The minimum absolute atomic E-state index is 0.241. The Kier molecular flexibility index (Phi) is 3.13. The topological polar surface area (TPSA) is 43.8 Å². The van der Waals surface area contributed by atoms with Crippen molar-refractivity contribution < 1.29 is 13.2 Å². The fourth-order valence-electron chi connectivity index (χ4n) is 1.67. The fourth-order valence-corrected chi connectivity index (χ4v) is 1.67. The maximum absolute atomic E-state index is 12.4. The van der Waals surface area contributed by atoms with Gasteiger partial charge in [-0.05, 0) is 31.2 Å². The Morgan fingerprint density at radius 3 is 2.33 bits per heavy atom. The number of rotatable bonds is 2. The van der Waals surface area contributed by atoms with E-state index in [0.717, 1.165) is 17.8 Å². The van der Waals surface area contributed by atoms with Gasteiger partial charge in [-0.1, -0.05) is 0 Å². The molecule has 0 fully saturated rings. The number of nitrogens with two attached hydrogens (primary N) is 1. The second kappa shape index (κ2) is 4.45. The molecule has 96 valence electrons. The summed E-state index contributed by atoms with van der Waals surface area (Å²) in [5.74, 6) is 0. The first kappa shape index (κ1) is 12.6. The first-order valence-electron chi connectivity index (χ1n) is 5.35. The van der Waals surface area contributed by atoms with Gasteiger partial charge in [-0.3, -0.25) is 0 Å². The highest BCUT2D eigenvalue weighted by molar-refractivity contribution is 5.37. The van der Waals surface area contributed by atoms with Gasteiger partial charge in [0, 0.05) is 11.7 Å². The maximum atomic E-state index is 12.4. The zero-order valence-electron chi connectivity index (χ0n) is 9.65. The molecule has 2 N–H and O–H groups in total. The minimum atomic E-state index is -4.32. The summed E-state index contributed by atoms with van der Waals surface area (Å²) in [6.07, 6.45) is -1.19. The smallest absolute Gasteiger partial charge is 0.323 e. The van der Waals surface area contributed by atoms with E-state index in [1.807, 2.05) is 0 Å². The molecule has 18 heavy (non-hydrogen) atoms. The monoisotopic (exact) mass is 255 g/mol. The van der Waals surface area contributed by atoms with E-state index in [1.54, 1.807) is 17.7 Å². The molecule has 0 amide bonds. The van der Waals surface area contributed by atoms with E-state index in [-0.39, 0.29) is 6.04 Å². The zero-order valence-corrected chi connectivity index (χ0v) is 9.65. The Labute approximate surface area is 102 Å². The Hall–Kier alpha value is -1.82. The lowest BCUT2D eigenvalue weighted by atomic mass is 10.2. The first-order chi connectivity index (χ1) is 8.39. The fraction of sp³-hybridized carbons (Fsp3) is 0.250. The van der Waals surface area contributed by atoms with Gasteiger partial charge < -0.3 is 10.3 Å². The van der Waals surface area contributed by atoms with Crippen LogP contribution in [0.2, 0.25) is 0 Å². The molecular weight excluding hydrogens is 243 g/mol. The van der Waals surface area contributed by atoms with Crippen LogP contribution in [0.25, 0.3) is 5.69 Å². The number of halogens is 3. The van der Waals surface area contributed by atoms with Gasteiger partial charge in [0.05, 0.1) is 23.8 Å². The highest BCUT2D eigenvalue weighted by Gasteiger charge is 2.30. The molecule has 0 bridgehead atoms. The van der Waals surface area contributed by atoms with Gasteiger partial charge in [-0.2, -0.15) is 13.2 Å². The lowest BCUT2D eigenvalue weighted by molar-refractivity contribution is -0.137. The second-order valence-corrected chi connectivity index (χ2v) is 4.02. The number of hydrogen-bond acceptors (Lipinski definition) is 2. The minimum Gasteiger partial charge on any atom is -0.323 e. The molecule has 1 aromatic carbocycles. The van der Waals surface area contributed by atoms with Gasteiger partial charge in [0.1, 0.15) is 0 Å². The third-order valence-electron chi connectivity index (χ3n) is 2.61. The summed E-state index contributed by atoms with van der Waals surface area (Å²) in [6.45, 7) is 1.79. The highest BCUT2D eigenvalue weighted by atomic mass is 19.4. The van der Waals surface area contributed by atoms with Crippen LogP contribution in [0, 0.1) is 0 Å². The number of alkyl halides is 3. The zero-order chi connectivity index (χ0) is 13.3. The number of aromatic nitrogens is 2. The summed E-state index contributed by atoms with van der Waals surface area (Å²) in [6, 6.07) is 4.64. The van der Waals surface area contributed by atoms with Gasteiger partial charge >= 0.3 is 6.18 Å². The standard InChI is InChI=1S/C12H12F3N3/c1-8(16)11-6-17-7-18(11)10-4-2-9(3-5-10)12(13,14)15/h2-8H,16H2,1H3/t8-/m1/s1. The van der Waals surface area contributed by atoms with E-state index in [9.17, 15) is 13.2 Å². The van der Waals surface area contributed by atoms with Crippen LogP contribution in [0.15, 0.2) is 36.8 Å². The number of hydrogen-bond donors (Lipinski definition) is 1. The van der Waals surface area contributed by atoms with E-state index >= 15 is 0 Å². The lowest BCUT2D eigenvalue weighted by Gasteiger charge is -2.12. The SMILES string of the molecule is C[C@@H](N)c1cncn1-c1ccc(C(F)(F)F)cc1. The van der Waals surface area contributed by atoms with E-state index in [1.165, 1.54) is 18.5 Å². The van der Waals surface area contributed by atoms with Crippen molar-refractivity contribution in [2.75, 3.05) is 0 Å². The van der Waals surface area contributed by atoms with Gasteiger partial charge in [-0.15, -0.1) is 0 Å². The van der Waals surface area contributed by atoms with Crippen LogP contribution in [-0.4, -0.2) is 9.55 Å². The molecule has 2 aromatic rings. The van der Waals surface area contributed by atoms with E-state index in [0.29, 0.717) is 5.69 Å². The molecule has 0 aliphatic rings. The molecule has 6 heteroatoms. The first-order valence-corrected chi connectivity index (χ1v) is 5.35. The van der Waals surface area contributed by atoms with Crippen LogP contribution in [-0.2, 0) is 6.18 Å².